The SMILES string of the molecule is CCN(c1cccc(F)c1)S(=O)(=O)c1ccsc1C(=O)O. The number of nitrogens with zero attached hydrogens (tertiary/aromatic N) is 1. The quantitative estimate of drug-likeness (QED) is 0.915. The number of carboxylic acid groups (broad SMARTS) is 1. The molecule has 0 aliphatic rings. The molecule has 2 aromatic rings. The molecule has 0 bridgehead atoms. The predicted molar refractivity (Wildman–Crippen MR) is 77.9 cm³/mol. The number of thiophene rings is 1. The number of carboxylic acids is 1. The lowest BCUT2D eigenvalue weighted by Gasteiger charge is -2.22. The average Bonchev–Trinajstić information content (AvgIpc) is 2.89. The summed E-state index contributed by atoms with van der Waals surface area (Å²) in [4.78, 5) is 10.6. The molecular formula is C13H12FNO4S2. The summed E-state index contributed by atoms with van der Waals surface area (Å²) in [6, 6.07) is 6.39. The Morgan fingerprint density at radius 3 is 2.67 bits per heavy atom. The molecule has 8 heteroatoms. The summed E-state index contributed by atoms with van der Waals surface area (Å²) in [6.07, 6.45) is 0. The predicted octanol–water partition coefficient (Wildman–Crippen LogP) is 2.80. The zero-order valence-corrected chi connectivity index (χ0v) is 12.6. The van der Waals surface area contributed by atoms with Crippen molar-refractivity contribution >= 4 is 33.0 Å². The number of hydrogen-bond donors (Lipinski definition) is 1. The van der Waals surface area contributed by atoms with Crippen molar-refractivity contribution in [3.63, 3.8) is 0 Å². The number of halogens is 1. The maximum absolute atomic E-state index is 13.3. The van der Waals surface area contributed by atoms with Crippen LogP contribution in [-0.4, -0.2) is 26.0 Å². The van der Waals surface area contributed by atoms with Gasteiger partial charge in [0, 0.05) is 6.54 Å². The minimum absolute atomic E-state index is 0.0562. The number of carbonyl (C=O) groups is 1. The van der Waals surface area contributed by atoms with Crippen LogP contribution < -0.4 is 4.31 Å². The van der Waals surface area contributed by atoms with Gasteiger partial charge in [-0.25, -0.2) is 17.6 Å². The molecule has 2 rings (SSSR count). The molecule has 112 valence electrons. The van der Waals surface area contributed by atoms with Gasteiger partial charge in [0.15, 0.2) is 0 Å². The molecule has 21 heavy (non-hydrogen) atoms. The van der Waals surface area contributed by atoms with Gasteiger partial charge in [-0.05, 0) is 36.6 Å². The molecule has 0 atom stereocenters. The van der Waals surface area contributed by atoms with E-state index in [2.05, 4.69) is 0 Å². The van der Waals surface area contributed by atoms with Crippen LogP contribution in [-0.2, 0) is 10.0 Å². The van der Waals surface area contributed by atoms with Crippen molar-refractivity contribution in [2.75, 3.05) is 10.8 Å². The van der Waals surface area contributed by atoms with Gasteiger partial charge < -0.3 is 5.11 Å². The summed E-state index contributed by atoms with van der Waals surface area (Å²) in [5.74, 6) is -1.87. The van der Waals surface area contributed by atoms with Crippen LogP contribution >= 0.6 is 11.3 Å². The number of hydrogen-bond acceptors (Lipinski definition) is 4. The minimum atomic E-state index is -4.06. The summed E-state index contributed by atoms with van der Waals surface area (Å²) < 4.78 is 39.5. The number of benzene rings is 1. The van der Waals surface area contributed by atoms with E-state index >= 15 is 0 Å². The Morgan fingerprint density at radius 1 is 1.38 bits per heavy atom. The Balaban J connectivity index is 2.55. The van der Waals surface area contributed by atoms with Crippen LogP contribution in [0.5, 0.6) is 0 Å². The summed E-state index contributed by atoms with van der Waals surface area (Å²) in [6.45, 7) is 1.65. The molecule has 0 unspecified atom stereocenters. The summed E-state index contributed by atoms with van der Waals surface area (Å²) in [7, 11) is -4.06. The van der Waals surface area contributed by atoms with Crippen LogP contribution in [0.25, 0.3) is 0 Å². The molecule has 0 saturated heterocycles. The van der Waals surface area contributed by atoms with Crippen molar-refractivity contribution in [3.05, 3.63) is 46.4 Å². The largest absolute Gasteiger partial charge is 0.477 e. The minimum Gasteiger partial charge on any atom is -0.477 e. The fourth-order valence-electron chi connectivity index (χ4n) is 1.90. The Morgan fingerprint density at radius 2 is 2.10 bits per heavy atom. The second kappa shape index (κ2) is 5.82. The molecule has 0 aliphatic heterocycles. The van der Waals surface area contributed by atoms with Crippen LogP contribution in [0.4, 0.5) is 10.1 Å². The second-order valence-electron chi connectivity index (χ2n) is 4.07. The van der Waals surface area contributed by atoms with Crippen molar-refractivity contribution in [2.45, 2.75) is 11.8 Å². The van der Waals surface area contributed by atoms with Gasteiger partial charge in [-0.15, -0.1) is 11.3 Å². The smallest absolute Gasteiger partial charge is 0.347 e. The van der Waals surface area contributed by atoms with E-state index in [9.17, 15) is 17.6 Å². The first-order chi connectivity index (χ1) is 9.87. The Bertz CT molecular complexity index is 770. The van der Waals surface area contributed by atoms with Gasteiger partial charge in [-0.1, -0.05) is 6.07 Å². The molecule has 1 aromatic heterocycles. The number of sulfonamides is 1. The van der Waals surface area contributed by atoms with Gasteiger partial charge in [0.2, 0.25) is 0 Å². The van der Waals surface area contributed by atoms with Crippen LogP contribution in [0.3, 0.4) is 0 Å². The lowest BCUT2D eigenvalue weighted by molar-refractivity contribution is 0.0698. The van der Waals surface area contributed by atoms with Gasteiger partial charge in [-0.3, -0.25) is 4.31 Å². The molecule has 0 radical (unpaired) electrons. The number of aromatic carboxylic acids is 1. The van der Waals surface area contributed by atoms with E-state index in [-0.39, 0.29) is 22.0 Å². The lowest BCUT2D eigenvalue weighted by atomic mass is 10.3. The van der Waals surface area contributed by atoms with E-state index in [1.807, 2.05) is 0 Å². The molecule has 0 fully saturated rings. The average molecular weight is 329 g/mol. The Labute approximate surface area is 125 Å². The van der Waals surface area contributed by atoms with Gasteiger partial charge in [0.05, 0.1) is 5.69 Å². The normalized spacial score (nSPS) is 11.3. The van der Waals surface area contributed by atoms with Crippen LogP contribution in [0, 0.1) is 5.82 Å². The highest BCUT2D eigenvalue weighted by atomic mass is 32.2. The fraction of sp³-hybridized carbons (Fsp3) is 0.154. The van der Waals surface area contributed by atoms with Crippen LogP contribution in [0.1, 0.15) is 16.6 Å². The maximum atomic E-state index is 13.3. The van der Waals surface area contributed by atoms with E-state index in [0.717, 1.165) is 21.7 Å². The highest BCUT2D eigenvalue weighted by Gasteiger charge is 2.29. The summed E-state index contributed by atoms with van der Waals surface area (Å²) >= 11 is 0.831. The molecule has 5 nitrogen and oxygen atoms in total. The molecule has 1 aromatic carbocycles. The third kappa shape index (κ3) is 2.91. The van der Waals surface area contributed by atoms with Gasteiger partial charge in [-0.2, -0.15) is 0 Å². The molecule has 0 amide bonds. The lowest BCUT2D eigenvalue weighted by Crippen LogP contribution is -2.31. The first kappa shape index (κ1) is 15.5. The summed E-state index contributed by atoms with van der Waals surface area (Å²) in [5, 5.41) is 10.5. The first-order valence-electron chi connectivity index (χ1n) is 5.97. The maximum Gasteiger partial charge on any atom is 0.347 e. The third-order valence-electron chi connectivity index (χ3n) is 2.77. The van der Waals surface area contributed by atoms with E-state index in [4.69, 9.17) is 5.11 Å². The fourth-order valence-corrected chi connectivity index (χ4v) is 4.60. The van der Waals surface area contributed by atoms with Gasteiger partial charge in [0.1, 0.15) is 15.6 Å². The van der Waals surface area contributed by atoms with Crippen LogP contribution in [0.15, 0.2) is 40.6 Å². The molecule has 0 spiro atoms. The molecule has 0 saturated carbocycles. The molecule has 1 N–H and O–H groups in total. The Kier molecular flexibility index (Phi) is 4.29. The van der Waals surface area contributed by atoms with Crippen molar-refractivity contribution in [2.24, 2.45) is 0 Å². The topological polar surface area (TPSA) is 74.7 Å². The third-order valence-corrected chi connectivity index (χ3v) is 5.75. The summed E-state index contributed by atoms with van der Waals surface area (Å²) in [5.41, 5.74) is 0.153. The van der Waals surface area contributed by atoms with E-state index in [1.165, 1.54) is 29.6 Å². The van der Waals surface area contributed by atoms with Crippen molar-refractivity contribution in [1.29, 1.82) is 0 Å². The first-order valence-corrected chi connectivity index (χ1v) is 8.29. The van der Waals surface area contributed by atoms with Crippen molar-refractivity contribution in [3.8, 4) is 0 Å². The molecule has 1 heterocycles. The molecule has 0 aliphatic carbocycles. The van der Waals surface area contributed by atoms with E-state index < -0.39 is 21.8 Å². The zero-order chi connectivity index (χ0) is 15.6. The number of anilines is 1. The highest BCUT2D eigenvalue weighted by Crippen LogP contribution is 2.29. The zero-order valence-electron chi connectivity index (χ0n) is 11.0. The van der Waals surface area contributed by atoms with Gasteiger partial charge in [0.25, 0.3) is 10.0 Å². The van der Waals surface area contributed by atoms with Gasteiger partial charge >= 0.3 is 5.97 Å². The van der Waals surface area contributed by atoms with Crippen molar-refractivity contribution in [1.82, 2.24) is 0 Å². The van der Waals surface area contributed by atoms with E-state index in [1.54, 1.807) is 6.92 Å². The monoisotopic (exact) mass is 329 g/mol. The molecular weight excluding hydrogens is 317 g/mol. The standard InChI is InChI=1S/C13H12FNO4S2/c1-2-15(10-5-3-4-9(14)8-10)21(18,19)11-6-7-20-12(11)13(16)17/h3-8H,2H2,1H3,(H,16,17). The van der Waals surface area contributed by atoms with Crippen molar-refractivity contribution < 1.29 is 22.7 Å². The number of rotatable bonds is 5. The van der Waals surface area contributed by atoms with E-state index in [0.29, 0.717) is 0 Å². The van der Waals surface area contributed by atoms with Crippen LogP contribution in [0.2, 0.25) is 0 Å². The second-order valence-corrected chi connectivity index (χ2v) is 6.82. The highest BCUT2D eigenvalue weighted by molar-refractivity contribution is 7.93. The Hall–Kier alpha value is -1.93.